The molecule has 0 aliphatic carbocycles. The van der Waals surface area contributed by atoms with Crippen LogP contribution in [0.25, 0.3) is 0 Å². The summed E-state index contributed by atoms with van der Waals surface area (Å²) in [6.07, 6.45) is -4.64. The van der Waals surface area contributed by atoms with Gasteiger partial charge in [0.15, 0.2) is 11.5 Å². The predicted molar refractivity (Wildman–Crippen MR) is 119 cm³/mol. The minimum Gasteiger partial charge on any atom is -0.326 e. The maximum Gasteiger partial charge on any atom is 0.435 e. The topological polar surface area (TPSA) is 71.3 Å². The Morgan fingerprint density at radius 2 is 1.81 bits per heavy atom. The first kappa shape index (κ1) is 23.6. The normalized spacial score (nSPS) is 12.0. The van der Waals surface area contributed by atoms with E-state index in [4.69, 9.17) is 23.2 Å². The number of aliphatic imine (C=N–C) groups is 1. The van der Waals surface area contributed by atoms with E-state index in [1.807, 2.05) is 0 Å². The number of amides is 1. The Morgan fingerprint density at radius 3 is 2.41 bits per heavy atom. The van der Waals surface area contributed by atoms with Crippen LogP contribution in [0.1, 0.15) is 28.5 Å². The van der Waals surface area contributed by atoms with E-state index in [1.165, 1.54) is 19.1 Å². The molecule has 0 fully saturated rings. The molecule has 2 N–H and O–H groups in total. The first-order valence-corrected chi connectivity index (χ1v) is 10.2. The van der Waals surface area contributed by atoms with Crippen LogP contribution in [0.5, 0.6) is 0 Å². The zero-order valence-electron chi connectivity index (χ0n) is 17.0. The van der Waals surface area contributed by atoms with Gasteiger partial charge in [0.25, 0.3) is 5.91 Å². The number of alkyl halides is 3. The van der Waals surface area contributed by atoms with Gasteiger partial charge >= 0.3 is 6.18 Å². The van der Waals surface area contributed by atoms with Crippen LogP contribution < -0.4 is 10.6 Å². The Hall–Kier alpha value is -3.04. The number of hydrogen-bond donors (Lipinski definition) is 2. The number of hydrogen-bond acceptors (Lipinski definition) is 3. The second-order valence-electron chi connectivity index (χ2n) is 6.67. The molecule has 0 saturated heterocycles. The summed E-state index contributed by atoms with van der Waals surface area (Å²) in [5.41, 5.74) is -0.440. The Kier molecular flexibility index (Phi) is 7.10. The third-order valence-electron chi connectivity index (χ3n) is 4.37. The van der Waals surface area contributed by atoms with Crippen molar-refractivity contribution in [1.29, 1.82) is 0 Å². The predicted octanol–water partition coefficient (Wildman–Crippen LogP) is 6.07. The van der Waals surface area contributed by atoms with Crippen LogP contribution in [0.4, 0.5) is 24.7 Å². The molecule has 0 atom stereocenters. The van der Waals surface area contributed by atoms with Gasteiger partial charge in [-0.3, -0.25) is 10.1 Å². The van der Waals surface area contributed by atoms with Crippen molar-refractivity contribution >= 4 is 46.6 Å². The number of carbonyl (C=O) groups is 1. The average molecular weight is 484 g/mol. The van der Waals surface area contributed by atoms with E-state index < -0.39 is 17.8 Å². The van der Waals surface area contributed by atoms with Crippen molar-refractivity contribution in [3.8, 4) is 0 Å². The Balaban J connectivity index is 2.04. The zero-order valence-corrected chi connectivity index (χ0v) is 18.5. The number of nitrogens with zero attached hydrogens (tertiary/aromatic N) is 3. The lowest BCUT2D eigenvalue weighted by Gasteiger charge is -2.13. The van der Waals surface area contributed by atoms with Crippen molar-refractivity contribution in [2.45, 2.75) is 26.6 Å². The Morgan fingerprint density at radius 1 is 1.12 bits per heavy atom. The van der Waals surface area contributed by atoms with Gasteiger partial charge < -0.3 is 5.32 Å². The van der Waals surface area contributed by atoms with Gasteiger partial charge in [-0.1, -0.05) is 29.3 Å². The van der Waals surface area contributed by atoms with Gasteiger partial charge in [0, 0.05) is 33.4 Å². The quantitative estimate of drug-likeness (QED) is 0.349. The van der Waals surface area contributed by atoms with Crippen LogP contribution in [0, 0.1) is 6.92 Å². The highest BCUT2D eigenvalue weighted by molar-refractivity contribution is 6.31. The molecule has 1 heterocycles. The smallest absolute Gasteiger partial charge is 0.326 e. The van der Waals surface area contributed by atoms with E-state index in [9.17, 15) is 18.0 Å². The zero-order chi connectivity index (χ0) is 23.5. The summed E-state index contributed by atoms with van der Waals surface area (Å²) in [6.45, 7) is 3.06. The van der Waals surface area contributed by atoms with Gasteiger partial charge in [-0.2, -0.15) is 23.3 Å². The summed E-state index contributed by atoms with van der Waals surface area (Å²) < 4.78 is 41.1. The molecule has 0 aliphatic heterocycles. The fourth-order valence-electron chi connectivity index (χ4n) is 2.85. The number of rotatable bonds is 4. The number of benzene rings is 2. The van der Waals surface area contributed by atoms with Crippen LogP contribution >= 0.6 is 23.2 Å². The molecule has 6 nitrogen and oxygen atoms in total. The number of halogens is 5. The van der Waals surface area contributed by atoms with Crippen LogP contribution in [-0.2, 0) is 12.7 Å². The highest BCUT2D eigenvalue weighted by Crippen LogP contribution is 2.35. The molecule has 2 aromatic carbocycles. The average Bonchev–Trinajstić information content (AvgIpc) is 3.04. The SMILES string of the molecule is CCn1nc(C(F)(F)F)c(C)c1N=C(NC(=O)c1ccc(Cl)cc1)Nc1cccc(Cl)c1. The molecular weight excluding hydrogens is 466 g/mol. The van der Waals surface area contributed by atoms with Gasteiger partial charge in [0.2, 0.25) is 5.96 Å². The highest BCUT2D eigenvalue weighted by Gasteiger charge is 2.37. The van der Waals surface area contributed by atoms with Crippen molar-refractivity contribution in [2.75, 3.05) is 5.32 Å². The first-order chi connectivity index (χ1) is 15.1. The molecule has 3 rings (SSSR count). The maximum atomic E-state index is 13.3. The molecule has 0 aliphatic rings. The second-order valence-corrected chi connectivity index (χ2v) is 7.54. The van der Waals surface area contributed by atoms with Crippen molar-refractivity contribution in [3.05, 3.63) is 75.4 Å². The molecule has 0 bridgehead atoms. The fourth-order valence-corrected chi connectivity index (χ4v) is 3.17. The minimum absolute atomic E-state index is 0.0410. The summed E-state index contributed by atoms with van der Waals surface area (Å²) in [4.78, 5) is 17.0. The van der Waals surface area contributed by atoms with Crippen molar-refractivity contribution in [2.24, 2.45) is 4.99 Å². The summed E-state index contributed by atoms with van der Waals surface area (Å²) in [5, 5.41) is 9.99. The number of guanidine groups is 1. The molecule has 11 heteroatoms. The van der Waals surface area contributed by atoms with Crippen LogP contribution in [0.3, 0.4) is 0 Å². The maximum absolute atomic E-state index is 13.3. The fraction of sp³-hybridized carbons (Fsp3) is 0.190. The lowest BCUT2D eigenvalue weighted by Crippen LogP contribution is -2.36. The Labute approximate surface area is 192 Å². The monoisotopic (exact) mass is 483 g/mol. The summed E-state index contributed by atoms with van der Waals surface area (Å²) in [7, 11) is 0. The van der Waals surface area contributed by atoms with Gasteiger partial charge in [-0.25, -0.2) is 4.68 Å². The summed E-state index contributed by atoms with van der Waals surface area (Å²) >= 11 is 11.9. The van der Waals surface area contributed by atoms with E-state index in [-0.39, 0.29) is 29.4 Å². The largest absolute Gasteiger partial charge is 0.435 e. The van der Waals surface area contributed by atoms with Crippen molar-refractivity contribution in [1.82, 2.24) is 15.1 Å². The minimum atomic E-state index is -4.64. The second kappa shape index (κ2) is 9.62. The summed E-state index contributed by atoms with van der Waals surface area (Å²) in [5.74, 6) is -0.675. The molecule has 1 aromatic heterocycles. The van der Waals surface area contributed by atoms with Crippen molar-refractivity contribution < 1.29 is 18.0 Å². The lowest BCUT2D eigenvalue weighted by molar-refractivity contribution is -0.141. The molecule has 0 unspecified atom stereocenters. The molecule has 0 saturated carbocycles. The standard InChI is InChI=1S/C21H18Cl2F3N5O/c1-3-31-18(12(2)17(30-31)21(24,25)26)28-20(27-16-6-4-5-15(23)11-16)29-19(32)13-7-9-14(22)10-8-13/h4-11H,3H2,1-2H3,(H2,27,28,29,32). The number of aromatic nitrogens is 2. The lowest BCUT2D eigenvalue weighted by atomic mass is 10.2. The Bertz CT molecular complexity index is 1160. The highest BCUT2D eigenvalue weighted by atomic mass is 35.5. The number of carbonyl (C=O) groups excluding carboxylic acids is 1. The molecule has 3 aromatic rings. The third kappa shape index (κ3) is 5.60. The van der Waals surface area contributed by atoms with Crippen LogP contribution in [0.15, 0.2) is 53.5 Å². The molecule has 32 heavy (non-hydrogen) atoms. The van der Waals surface area contributed by atoms with E-state index in [0.29, 0.717) is 15.7 Å². The van der Waals surface area contributed by atoms with E-state index in [2.05, 4.69) is 20.7 Å². The van der Waals surface area contributed by atoms with Gasteiger partial charge in [-0.15, -0.1) is 0 Å². The van der Waals surface area contributed by atoms with Gasteiger partial charge in [0.05, 0.1) is 0 Å². The molecule has 0 radical (unpaired) electrons. The van der Waals surface area contributed by atoms with E-state index in [1.54, 1.807) is 43.3 Å². The molecule has 0 spiro atoms. The molecular formula is C21H18Cl2F3N5O. The number of nitrogens with one attached hydrogen (secondary N) is 2. The first-order valence-electron chi connectivity index (χ1n) is 9.41. The van der Waals surface area contributed by atoms with Gasteiger partial charge in [-0.05, 0) is 56.3 Å². The molecule has 1 amide bonds. The number of anilines is 1. The van der Waals surface area contributed by atoms with Gasteiger partial charge in [0.1, 0.15) is 0 Å². The van der Waals surface area contributed by atoms with Crippen LogP contribution in [-0.4, -0.2) is 21.6 Å². The third-order valence-corrected chi connectivity index (χ3v) is 4.85. The number of aryl methyl sites for hydroxylation is 1. The van der Waals surface area contributed by atoms with Crippen LogP contribution in [0.2, 0.25) is 10.0 Å². The van der Waals surface area contributed by atoms with E-state index in [0.717, 1.165) is 4.68 Å². The van der Waals surface area contributed by atoms with E-state index >= 15 is 0 Å². The molecule has 168 valence electrons. The summed E-state index contributed by atoms with van der Waals surface area (Å²) in [6, 6.07) is 12.7. The van der Waals surface area contributed by atoms with Crippen molar-refractivity contribution in [3.63, 3.8) is 0 Å².